The van der Waals surface area contributed by atoms with Crippen LogP contribution in [-0.4, -0.2) is 44.0 Å². The van der Waals surface area contributed by atoms with Gasteiger partial charge >= 0.3 is 0 Å². The van der Waals surface area contributed by atoms with Crippen LogP contribution >= 0.6 is 0 Å². The Morgan fingerprint density at radius 1 is 1.05 bits per heavy atom. The Balaban J connectivity index is 2.51. The molecule has 0 bridgehead atoms. The molecule has 1 fully saturated rings. The smallest absolute Gasteiger partial charge is 0.140 e. The molecule has 1 aliphatic heterocycles. The highest BCUT2D eigenvalue weighted by Crippen LogP contribution is 2.30. The largest absolute Gasteiger partial charge is 0.385 e. The molecule has 1 aliphatic rings. The van der Waals surface area contributed by atoms with E-state index in [4.69, 9.17) is 4.74 Å². The summed E-state index contributed by atoms with van der Waals surface area (Å²) in [6.45, 7) is 10.3. The van der Waals surface area contributed by atoms with E-state index in [2.05, 4.69) is 33.5 Å². The van der Waals surface area contributed by atoms with E-state index in [0.717, 1.165) is 19.7 Å². The van der Waals surface area contributed by atoms with E-state index < -0.39 is 0 Å². The highest BCUT2D eigenvalue weighted by molar-refractivity contribution is 6.11. The lowest BCUT2D eigenvalue weighted by molar-refractivity contribution is -0.0409. The fourth-order valence-electron chi connectivity index (χ4n) is 3.44. The van der Waals surface area contributed by atoms with E-state index in [9.17, 15) is 0 Å². The van der Waals surface area contributed by atoms with Gasteiger partial charge in [-0.1, -0.05) is 58.8 Å². The molecule has 118 valence electrons. The Bertz CT molecular complexity index is 249. The van der Waals surface area contributed by atoms with Gasteiger partial charge in [-0.2, -0.15) is 0 Å². The van der Waals surface area contributed by atoms with Gasteiger partial charge in [-0.3, -0.25) is 4.90 Å². The van der Waals surface area contributed by atoms with Crippen molar-refractivity contribution in [3.8, 4) is 0 Å². The predicted octanol–water partition coefficient (Wildman–Crippen LogP) is 3.59. The third-order valence-electron chi connectivity index (χ3n) is 4.89. The van der Waals surface area contributed by atoms with Gasteiger partial charge in [0.05, 0.1) is 6.61 Å². The van der Waals surface area contributed by atoms with E-state index in [0.29, 0.717) is 11.5 Å². The summed E-state index contributed by atoms with van der Waals surface area (Å²) in [6, 6.07) is 0.407. The van der Waals surface area contributed by atoms with E-state index in [1.807, 2.05) is 0 Å². The summed E-state index contributed by atoms with van der Waals surface area (Å²) in [5.74, 6) is 0. The maximum atomic E-state index is 5.73. The summed E-state index contributed by atoms with van der Waals surface area (Å²) in [6.07, 6.45) is 12.3. The molecule has 0 spiro atoms. The minimum atomic E-state index is 0.404. The summed E-state index contributed by atoms with van der Waals surface area (Å²) in [4.78, 5) is 2.72. The fraction of sp³-hybridized carbons (Fsp3) is 1.00. The molecule has 0 aromatic carbocycles. The minimum absolute atomic E-state index is 0.404. The van der Waals surface area contributed by atoms with Crippen LogP contribution in [0.25, 0.3) is 0 Å². The van der Waals surface area contributed by atoms with Gasteiger partial charge in [0.1, 0.15) is 7.85 Å². The van der Waals surface area contributed by atoms with Crippen molar-refractivity contribution >= 4 is 7.85 Å². The number of ether oxygens (including phenoxy) is 1. The van der Waals surface area contributed by atoms with Crippen molar-refractivity contribution in [3.63, 3.8) is 0 Å². The van der Waals surface area contributed by atoms with Crippen LogP contribution < -0.4 is 0 Å². The second kappa shape index (κ2) is 9.84. The van der Waals surface area contributed by atoms with Gasteiger partial charge in [-0.05, 0) is 19.8 Å². The molecule has 0 radical (unpaired) electrons. The van der Waals surface area contributed by atoms with Gasteiger partial charge in [0.15, 0.2) is 0 Å². The van der Waals surface area contributed by atoms with E-state index >= 15 is 0 Å². The molecule has 0 aromatic rings. The standard InChI is InChI=1S/C17H36BNO/c1-4-6-8-10-12-17(3,11-9-7-5-2)19-13-14-20-16(18)15-19/h16H,4-15,18H2,1-3H3. The molecule has 2 nitrogen and oxygen atoms in total. The maximum absolute atomic E-state index is 5.73. The van der Waals surface area contributed by atoms with Gasteiger partial charge < -0.3 is 4.74 Å². The molecule has 1 rings (SSSR count). The van der Waals surface area contributed by atoms with Crippen LogP contribution in [0.15, 0.2) is 0 Å². The summed E-state index contributed by atoms with van der Waals surface area (Å²) in [5.41, 5.74) is 0.404. The van der Waals surface area contributed by atoms with Crippen LogP contribution in [0.3, 0.4) is 0 Å². The molecule has 0 N–H and O–H groups in total. The predicted molar refractivity (Wildman–Crippen MR) is 91.2 cm³/mol. The number of rotatable bonds is 10. The number of hydrogen-bond donors (Lipinski definition) is 0. The van der Waals surface area contributed by atoms with Crippen molar-refractivity contribution < 1.29 is 4.74 Å². The molecule has 1 heterocycles. The molecule has 3 heteroatoms. The van der Waals surface area contributed by atoms with Crippen LogP contribution in [0.2, 0.25) is 0 Å². The fourth-order valence-corrected chi connectivity index (χ4v) is 3.44. The molecule has 2 unspecified atom stereocenters. The first-order valence-electron chi connectivity index (χ1n) is 8.99. The highest BCUT2D eigenvalue weighted by atomic mass is 16.5. The second-order valence-corrected chi connectivity index (χ2v) is 6.89. The zero-order valence-electron chi connectivity index (χ0n) is 14.4. The molecule has 0 saturated carbocycles. The van der Waals surface area contributed by atoms with Crippen LogP contribution in [0.1, 0.15) is 78.6 Å². The molecular formula is C17H36BNO. The molecular weight excluding hydrogens is 245 g/mol. The first kappa shape index (κ1) is 18.0. The van der Waals surface area contributed by atoms with Gasteiger partial charge in [-0.25, -0.2) is 0 Å². The summed E-state index contributed by atoms with van der Waals surface area (Å²) in [7, 11) is 2.22. The van der Waals surface area contributed by atoms with Crippen molar-refractivity contribution in [2.75, 3.05) is 19.7 Å². The second-order valence-electron chi connectivity index (χ2n) is 6.89. The number of nitrogens with zero attached hydrogens (tertiary/aromatic N) is 1. The quantitative estimate of drug-likeness (QED) is 0.448. The van der Waals surface area contributed by atoms with Crippen molar-refractivity contribution in [2.45, 2.75) is 90.1 Å². The lowest BCUT2D eigenvalue weighted by Gasteiger charge is -2.45. The van der Waals surface area contributed by atoms with Crippen LogP contribution in [0.5, 0.6) is 0 Å². The van der Waals surface area contributed by atoms with Crippen molar-refractivity contribution in [2.24, 2.45) is 0 Å². The number of morpholine rings is 1. The van der Waals surface area contributed by atoms with Crippen molar-refractivity contribution in [1.82, 2.24) is 4.90 Å². The van der Waals surface area contributed by atoms with Gasteiger partial charge in [0, 0.05) is 24.6 Å². The van der Waals surface area contributed by atoms with E-state index in [1.54, 1.807) is 0 Å². The highest BCUT2D eigenvalue weighted by Gasteiger charge is 2.33. The number of unbranched alkanes of at least 4 members (excludes halogenated alkanes) is 5. The molecule has 0 amide bonds. The average molecular weight is 281 g/mol. The normalized spacial score (nSPS) is 23.6. The lowest BCUT2D eigenvalue weighted by Crippen LogP contribution is -2.54. The molecule has 0 aromatic heterocycles. The zero-order chi connectivity index (χ0) is 14.8. The first-order valence-corrected chi connectivity index (χ1v) is 8.99. The average Bonchev–Trinajstić information content (AvgIpc) is 2.44. The topological polar surface area (TPSA) is 12.5 Å². The SMILES string of the molecule is BC1CN(C(C)(CCCCC)CCCCCC)CCO1. The molecule has 0 aliphatic carbocycles. The minimum Gasteiger partial charge on any atom is -0.385 e. The summed E-state index contributed by atoms with van der Waals surface area (Å²) >= 11 is 0. The van der Waals surface area contributed by atoms with E-state index in [1.165, 1.54) is 57.8 Å². The van der Waals surface area contributed by atoms with Crippen LogP contribution in [-0.2, 0) is 4.74 Å². The van der Waals surface area contributed by atoms with Crippen molar-refractivity contribution in [1.29, 1.82) is 0 Å². The maximum Gasteiger partial charge on any atom is 0.140 e. The van der Waals surface area contributed by atoms with Crippen LogP contribution in [0.4, 0.5) is 0 Å². The Labute approximate surface area is 128 Å². The lowest BCUT2D eigenvalue weighted by atomic mass is 9.84. The zero-order valence-corrected chi connectivity index (χ0v) is 14.4. The summed E-state index contributed by atoms with van der Waals surface area (Å²) < 4.78 is 5.73. The molecule has 20 heavy (non-hydrogen) atoms. The van der Waals surface area contributed by atoms with Crippen LogP contribution in [0, 0.1) is 0 Å². The van der Waals surface area contributed by atoms with E-state index in [-0.39, 0.29) is 0 Å². The Morgan fingerprint density at radius 2 is 1.65 bits per heavy atom. The first-order chi connectivity index (χ1) is 9.62. The third kappa shape index (κ3) is 6.18. The summed E-state index contributed by atoms with van der Waals surface area (Å²) in [5, 5.41) is 0. The molecule has 1 saturated heterocycles. The Morgan fingerprint density at radius 3 is 2.25 bits per heavy atom. The monoisotopic (exact) mass is 281 g/mol. The molecule has 2 atom stereocenters. The van der Waals surface area contributed by atoms with Gasteiger partial charge in [0.25, 0.3) is 0 Å². The third-order valence-corrected chi connectivity index (χ3v) is 4.89. The van der Waals surface area contributed by atoms with Crippen molar-refractivity contribution in [3.05, 3.63) is 0 Å². The Kier molecular flexibility index (Phi) is 8.87. The van der Waals surface area contributed by atoms with Gasteiger partial charge in [-0.15, -0.1) is 0 Å². The van der Waals surface area contributed by atoms with Gasteiger partial charge in [0.2, 0.25) is 0 Å². The number of hydrogen-bond acceptors (Lipinski definition) is 2. The Hall–Kier alpha value is -0.0151.